The van der Waals surface area contributed by atoms with Crippen LogP contribution in [0.5, 0.6) is 0 Å². The van der Waals surface area contributed by atoms with Crippen molar-refractivity contribution in [3.05, 3.63) is 0 Å². The Hall–Kier alpha value is -0.610. The lowest BCUT2D eigenvalue weighted by Crippen LogP contribution is -2.44. The Bertz CT molecular complexity index is 184. The summed E-state index contributed by atoms with van der Waals surface area (Å²) >= 11 is 0. The van der Waals surface area contributed by atoms with Gasteiger partial charge in [0.2, 0.25) is 5.91 Å². The predicted molar refractivity (Wildman–Crippen MR) is 50.3 cm³/mol. The number of rotatable bonds is 3. The zero-order chi connectivity index (χ0) is 9.84. The molecule has 0 spiro atoms. The largest absolute Gasteiger partial charge is 0.392 e. The summed E-state index contributed by atoms with van der Waals surface area (Å²) in [6.07, 6.45) is 0.529. The van der Waals surface area contributed by atoms with Crippen molar-refractivity contribution in [3.63, 3.8) is 0 Å². The van der Waals surface area contributed by atoms with E-state index in [1.54, 1.807) is 0 Å². The topological polar surface area (TPSA) is 52.6 Å². The van der Waals surface area contributed by atoms with Gasteiger partial charge in [-0.1, -0.05) is 0 Å². The Labute approximate surface area is 78.9 Å². The van der Waals surface area contributed by atoms with Crippen molar-refractivity contribution in [1.82, 2.24) is 10.2 Å². The fourth-order valence-corrected chi connectivity index (χ4v) is 1.61. The van der Waals surface area contributed by atoms with Gasteiger partial charge in [-0.15, -0.1) is 0 Å². The van der Waals surface area contributed by atoms with E-state index in [2.05, 4.69) is 5.32 Å². The highest BCUT2D eigenvalue weighted by Crippen LogP contribution is 2.12. The molecule has 2 atom stereocenters. The first-order valence-electron chi connectivity index (χ1n) is 4.85. The molecule has 1 fully saturated rings. The molecule has 1 aliphatic rings. The summed E-state index contributed by atoms with van der Waals surface area (Å²) in [6.45, 7) is 5.89. The number of carbonyl (C=O) groups is 1. The highest BCUT2D eigenvalue weighted by molar-refractivity contribution is 5.81. The fourth-order valence-electron chi connectivity index (χ4n) is 1.61. The summed E-state index contributed by atoms with van der Waals surface area (Å²) in [4.78, 5) is 13.4. The molecule has 1 aliphatic heterocycles. The summed E-state index contributed by atoms with van der Waals surface area (Å²) in [7, 11) is 0. The summed E-state index contributed by atoms with van der Waals surface area (Å²) in [5.41, 5.74) is 0. The SMILES string of the molecule is CCNC(=O)C(C)N1CC[C@@H](O)C1. The summed E-state index contributed by atoms with van der Waals surface area (Å²) < 4.78 is 0. The molecule has 0 aromatic heterocycles. The van der Waals surface area contributed by atoms with Gasteiger partial charge in [-0.25, -0.2) is 0 Å². The van der Waals surface area contributed by atoms with E-state index in [9.17, 15) is 9.90 Å². The second kappa shape index (κ2) is 4.58. The Morgan fingerprint density at radius 2 is 2.46 bits per heavy atom. The highest BCUT2D eigenvalue weighted by atomic mass is 16.3. The molecule has 13 heavy (non-hydrogen) atoms. The van der Waals surface area contributed by atoms with Crippen molar-refractivity contribution in [3.8, 4) is 0 Å². The number of hydrogen-bond acceptors (Lipinski definition) is 3. The van der Waals surface area contributed by atoms with E-state index in [1.807, 2.05) is 18.7 Å². The predicted octanol–water partition coefficient (Wildman–Crippen LogP) is -0.422. The van der Waals surface area contributed by atoms with Crippen LogP contribution in [0.4, 0.5) is 0 Å². The molecule has 4 heteroatoms. The maximum absolute atomic E-state index is 11.4. The number of amides is 1. The highest BCUT2D eigenvalue weighted by Gasteiger charge is 2.27. The summed E-state index contributed by atoms with van der Waals surface area (Å²) in [5.74, 6) is 0.0524. The molecule has 2 N–H and O–H groups in total. The Morgan fingerprint density at radius 1 is 1.77 bits per heavy atom. The minimum Gasteiger partial charge on any atom is -0.392 e. The van der Waals surface area contributed by atoms with E-state index in [0.29, 0.717) is 13.1 Å². The third kappa shape index (κ3) is 2.67. The van der Waals surface area contributed by atoms with Gasteiger partial charge in [-0.05, 0) is 20.3 Å². The van der Waals surface area contributed by atoms with Crippen LogP contribution in [0.25, 0.3) is 0 Å². The number of aliphatic hydroxyl groups is 1. The Balaban J connectivity index is 2.38. The number of nitrogens with one attached hydrogen (secondary N) is 1. The van der Waals surface area contributed by atoms with Gasteiger partial charge in [0.05, 0.1) is 12.1 Å². The molecular weight excluding hydrogens is 168 g/mol. The molecule has 76 valence electrons. The van der Waals surface area contributed by atoms with Crippen LogP contribution in [-0.2, 0) is 4.79 Å². The molecule has 1 saturated heterocycles. The molecule has 0 radical (unpaired) electrons. The van der Waals surface area contributed by atoms with Gasteiger partial charge in [-0.3, -0.25) is 9.69 Å². The molecule has 0 aromatic rings. The maximum atomic E-state index is 11.4. The lowest BCUT2D eigenvalue weighted by molar-refractivity contribution is -0.125. The molecule has 1 heterocycles. The van der Waals surface area contributed by atoms with Crippen molar-refractivity contribution < 1.29 is 9.90 Å². The molecule has 1 unspecified atom stereocenters. The van der Waals surface area contributed by atoms with Crippen LogP contribution in [0.1, 0.15) is 20.3 Å². The number of carbonyl (C=O) groups excluding carboxylic acids is 1. The first-order chi connectivity index (χ1) is 6.15. The van der Waals surface area contributed by atoms with Crippen LogP contribution in [0, 0.1) is 0 Å². The fraction of sp³-hybridized carbons (Fsp3) is 0.889. The third-order valence-corrected chi connectivity index (χ3v) is 2.47. The van der Waals surface area contributed by atoms with E-state index in [0.717, 1.165) is 13.0 Å². The lowest BCUT2D eigenvalue weighted by atomic mass is 10.3. The van der Waals surface area contributed by atoms with Gasteiger partial charge in [0.1, 0.15) is 0 Å². The van der Waals surface area contributed by atoms with Crippen molar-refractivity contribution >= 4 is 5.91 Å². The molecule has 0 aliphatic carbocycles. The van der Waals surface area contributed by atoms with Crippen molar-refractivity contribution in [1.29, 1.82) is 0 Å². The second-order valence-electron chi connectivity index (χ2n) is 3.51. The minimum atomic E-state index is -0.253. The average Bonchev–Trinajstić information content (AvgIpc) is 2.51. The minimum absolute atomic E-state index is 0.0524. The van der Waals surface area contributed by atoms with Crippen molar-refractivity contribution in [2.75, 3.05) is 19.6 Å². The lowest BCUT2D eigenvalue weighted by Gasteiger charge is -2.22. The van der Waals surface area contributed by atoms with Crippen LogP contribution in [0.3, 0.4) is 0 Å². The molecule has 0 saturated carbocycles. The van der Waals surface area contributed by atoms with E-state index in [1.165, 1.54) is 0 Å². The number of hydrogen-bond donors (Lipinski definition) is 2. The zero-order valence-electron chi connectivity index (χ0n) is 8.29. The molecule has 4 nitrogen and oxygen atoms in total. The average molecular weight is 186 g/mol. The van der Waals surface area contributed by atoms with E-state index >= 15 is 0 Å². The first kappa shape index (κ1) is 10.5. The number of β-amino-alcohol motifs (C(OH)–C–C–N with tert-alkyl or cyclic N) is 1. The number of aliphatic hydroxyl groups excluding tert-OH is 1. The van der Waals surface area contributed by atoms with Gasteiger partial charge < -0.3 is 10.4 Å². The zero-order valence-corrected chi connectivity index (χ0v) is 8.29. The van der Waals surface area contributed by atoms with Crippen LogP contribution in [-0.4, -0.2) is 47.7 Å². The van der Waals surface area contributed by atoms with Crippen LogP contribution in [0.2, 0.25) is 0 Å². The van der Waals surface area contributed by atoms with E-state index in [-0.39, 0.29) is 18.1 Å². The molecule has 0 aromatic carbocycles. The quantitative estimate of drug-likeness (QED) is 0.629. The third-order valence-electron chi connectivity index (χ3n) is 2.47. The summed E-state index contributed by atoms with van der Waals surface area (Å²) in [5, 5.41) is 12.1. The standard InChI is InChI=1S/C9H18N2O2/c1-3-10-9(13)7(2)11-5-4-8(12)6-11/h7-8,12H,3-6H2,1-2H3,(H,10,13)/t7?,8-/m1/s1. The van der Waals surface area contributed by atoms with Gasteiger partial charge >= 0.3 is 0 Å². The van der Waals surface area contributed by atoms with Gasteiger partial charge in [0.25, 0.3) is 0 Å². The van der Waals surface area contributed by atoms with Gasteiger partial charge in [-0.2, -0.15) is 0 Å². The molecule has 0 bridgehead atoms. The first-order valence-corrected chi connectivity index (χ1v) is 4.85. The monoisotopic (exact) mass is 186 g/mol. The van der Waals surface area contributed by atoms with E-state index in [4.69, 9.17) is 0 Å². The molecule has 1 rings (SSSR count). The number of nitrogens with zero attached hydrogens (tertiary/aromatic N) is 1. The number of likely N-dealkylation sites (tertiary alicyclic amines) is 1. The van der Waals surface area contributed by atoms with Crippen molar-refractivity contribution in [2.24, 2.45) is 0 Å². The normalized spacial score (nSPS) is 25.9. The smallest absolute Gasteiger partial charge is 0.237 e. The Kier molecular flexibility index (Phi) is 3.69. The van der Waals surface area contributed by atoms with Crippen LogP contribution >= 0.6 is 0 Å². The van der Waals surface area contributed by atoms with Crippen LogP contribution < -0.4 is 5.32 Å². The van der Waals surface area contributed by atoms with Crippen molar-refractivity contribution in [2.45, 2.75) is 32.4 Å². The second-order valence-corrected chi connectivity index (χ2v) is 3.51. The van der Waals surface area contributed by atoms with Crippen LogP contribution in [0.15, 0.2) is 0 Å². The number of likely N-dealkylation sites (N-methyl/N-ethyl adjacent to an activating group) is 1. The molecular formula is C9H18N2O2. The molecule has 1 amide bonds. The van der Waals surface area contributed by atoms with E-state index < -0.39 is 0 Å². The summed E-state index contributed by atoms with van der Waals surface area (Å²) in [6, 6.07) is -0.114. The van der Waals surface area contributed by atoms with Gasteiger partial charge in [0.15, 0.2) is 0 Å². The van der Waals surface area contributed by atoms with Gasteiger partial charge in [0, 0.05) is 19.6 Å². The maximum Gasteiger partial charge on any atom is 0.237 e. The Morgan fingerprint density at radius 3 is 2.92 bits per heavy atom.